The van der Waals surface area contributed by atoms with Crippen molar-refractivity contribution in [3.63, 3.8) is 0 Å². The average Bonchev–Trinajstić information content (AvgIpc) is 2.73. The summed E-state index contributed by atoms with van der Waals surface area (Å²) in [5, 5.41) is 13.6. The number of hydrogen-bond donors (Lipinski definition) is 2. The summed E-state index contributed by atoms with van der Waals surface area (Å²) in [5.74, 6) is -0.492. The van der Waals surface area contributed by atoms with Crippen LogP contribution in [0.5, 0.6) is 0 Å². The number of nitrogens with zero attached hydrogens (tertiary/aromatic N) is 3. The number of benzene rings is 1. The molecule has 0 spiro atoms. The van der Waals surface area contributed by atoms with E-state index >= 15 is 0 Å². The Balaban J connectivity index is 1.65. The van der Waals surface area contributed by atoms with E-state index in [-0.39, 0.29) is 11.3 Å². The normalized spacial score (nSPS) is 10.1. The second-order valence-electron chi connectivity index (χ2n) is 5.47. The van der Waals surface area contributed by atoms with Crippen LogP contribution >= 0.6 is 0 Å². The van der Waals surface area contributed by atoms with Crippen molar-refractivity contribution in [2.75, 3.05) is 17.7 Å². The van der Waals surface area contributed by atoms with Crippen molar-refractivity contribution in [3.8, 4) is 0 Å². The summed E-state index contributed by atoms with van der Waals surface area (Å²) in [6.45, 7) is 0.494. The summed E-state index contributed by atoms with van der Waals surface area (Å²) >= 11 is 0. The third-order valence-corrected chi connectivity index (χ3v) is 3.65. The molecular weight excluding hydrogens is 346 g/mol. The average molecular weight is 363 g/mol. The topological polar surface area (TPSA) is 106 Å². The quantitative estimate of drug-likeness (QED) is 0.648. The van der Waals surface area contributed by atoms with Crippen LogP contribution in [0.4, 0.5) is 11.5 Å². The predicted octanol–water partition coefficient (Wildman–Crippen LogP) is 2.52. The molecule has 0 bridgehead atoms. The van der Waals surface area contributed by atoms with Crippen LogP contribution in [-0.4, -0.2) is 34.2 Å². The maximum atomic E-state index is 12.4. The molecule has 0 fully saturated rings. The van der Waals surface area contributed by atoms with Crippen molar-refractivity contribution in [2.24, 2.45) is 0 Å². The lowest BCUT2D eigenvalue weighted by molar-refractivity contribution is 0.0602. The van der Waals surface area contributed by atoms with Crippen molar-refractivity contribution in [1.29, 1.82) is 0 Å². The lowest BCUT2D eigenvalue weighted by Gasteiger charge is -2.09. The maximum absolute atomic E-state index is 12.4. The van der Waals surface area contributed by atoms with Gasteiger partial charge in [-0.2, -0.15) is 0 Å². The standard InChI is InChI=1S/C19H17N5O3/c1-27-19(26)14-7-2-3-8-15(14)22-18(25)16-9-10-17(24-23-16)21-12-13-6-4-5-11-20-13/h2-11H,12H2,1H3,(H,21,24)(H,22,25). The van der Waals surface area contributed by atoms with E-state index in [1.54, 1.807) is 42.6 Å². The Labute approximate surface area is 155 Å². The summed E-state index contributed by atoms with van der Waals surface area (Å²) in [6.07, 6.45) is 1.71. The fraction of sp³-hybridized carbons (Fsp3) is 0.105. The third-order valence-electron chi connectivity index (χ3n) is 3.65. The Morgan fingerprint density at radius 1 is 1.00 bits per heavy atom. The van der Waals surface area contributed by atoms with E-state index in [9.17, 15) is 9.59 Å². The molecule has 8 nitrogen and oxygen atoms in total. The molecule has 0 aliphatic carbocycles. The zero-order chi connectivity index (χ0) is 19.1. The van der Waals surface area contributed by atoms with Gasteiger partial charge in [-0.3, -0.25) is 9.78 Å². The number of rotatable bonds is 6. The van der Waals surface area contributed by atoms with Crippen molar-refractivity contribution >= 4 is 23.4 Å². The minimum Gasteiger partial charge on any atom is -0.465 e. The number of methoxy groups -OCH3 is 1. The highest BCUT2D eigenvalue weighted by atomic mass is 16.5. The Kier molecular flexibility index (Phi) is 5.68. The molecule has 0 atom stereocenters. The fourth-order valence-electron chi connectivity index (χ4n) is 2.30. The van der Waals surface area contributed by atoms with Crippen molar-refractivity contribution < 1.29 is 14.3 Å². The highest BCUT2D eigenvalue weighted by Gasteiger charge is 2.15. The molecule has 0 saturated carbocycles. The molecule has 0 aliphatic heterocycles. The van der Waals surface area contributed by atoms with E-state index in [1.807, 2.05) is 18.2 Å². The molecule has 2 N–H and O–H groups in total. The smallest absolute Gasteiger partial charge is 0.339 e. The second kappa shape index (κ2) is 8.52. The largest absolute Gasteiger partial charge is 0.465 e. The molecular formula is C19H17N5O3. The van der Waals surface area contributed by atoms with Gasteiger partial charge in [-0.25, -0.2) is 4.79 Å². The molecule has 0 saturated heterocycles. The molecule has 8 heteroatoms. The van der Waals surface area contributed by atoms with Gasteiger partial charge in [0, 0.05) is 6.20 Å². The highest BCUT2D eigenvalue weighted by molar-refractivity contribution is 6.07. The third kappa shape index (κ3) is 4.63. The predicted molar refractivity (Wildman–Crippen MR) is 99.3 cm³/mol. The number of carbonyl (C=O) groups is 2. The van der Waals surface area contributed by atoms with Gasteiger partial charge < -0.3 is 15.4 Å². The van der Waals surface area contributed by atoms with Crippen molar-refractivity contribution in [3.05, 3.63) is 77.7 Å². The van der Waals surface area contributed by atoms with Crippen molar-refractivity contribution in [2.45, 2.75) is 6.54 Å². The molecule has 1 amide bonds. The fourth-order valence-corrected chi connectivity index (χ4v) is 2.30. The van der Waals surface area contributed by atoms with Crippen LogP contribution in [0.1, 0.15) is 26.5 Å². The number of anilines is 2. The summed E-state index contributed by atoms with van der Waals surface area (Å²) in [5.41, 5.74) is 1.59. The highest BCUT2D eigenvalue weighted by Crippen LogP contribution is 2.17. The van der Waals surface area contributed by atoms with Gasteiger partial charge in [-0.15, -0.1) is 10.2 Å². The van der Waals surface area contributed by atoms with Gasteiger partial charge in [0.05, 0.1) is 30.6 Å². The Morgan fingerprint density at radius 3 is 2.52 bits per heavy atom. The van der Waals surface area contributed by atoms with E-state index in [2.05, 4.69) is 25.8 Å². The van der Waals surface area contributed by atoms with Gasteiger partial charge in [-0.05, 0) is 36.4 Å². The first kappa shape index (κ1) is 18.0. The number of hydrogen-bond acceptors (Lipinski definition) is 7. The molecule has 0 aliphatic rings. The van der Waals surface area contributed by atoms with Gasteiger partial charge in [0.2, 0.25) is 0 Å². The molecule has 0 radical (unpaired) electrons. The molecule has 136 valence electrons. The maximum Gasteiger partial charge on any atom is 0.339 e. The lowest BCUT2D eigenvalue weighted by Crippen LogP contribution is -2.17. The van der Waals surface area contributed by atoms with Crippen LogP contribution in [-0.2, 0) is 11.3 Å². The van der Waals surface area contributed by atoms with Gasteiger partial charge in [0.15, 0.2) is 5.69 Å². The number of nitrogens with one attached hydrogen (secondary N) is 2. The van der Waals surface area contributed by atoms with Gasteiger partial charge >= 0.3 is 5.97 Å². The molecule has 3 rings (SSSR count). The first-order valence-corrected chi connectivity index (χ1v) is 8.13. The molecule has 27 heavy (non-hydrogen) atoms. The Morgan fingerprint density at radius 2 is 1.81 bits per heavy atom. The molecule has 0 unspecified atom stereocenters. The van der Waals surface area contributed by atoms with Crippen LogP contribution in [0.25, 0.3) is 0 Å². The van der Waals surface area contributed by atoms with Gasteiger partial charge in [0.25, 0.3) is 5.91 Å². The number of aromatic nitrogens is 3. The number of para-hydroxylation sites is 1. The number of esters is 1. The lowest BCUT2D eigenvalue weighted by atomic mass is 10.1. The molecule has 2 heterocycles. The van der Waals surface area contributed by atoms with E-state index in [0.29, 0.717) is 18.1 Å². The summed E-state index contributed by atoms with van der Waals surface area (Å²) < 4.78 is 4.71. The molecule has 1 aromatic carbocycles. The number of ether oxygens (including phenoxy) is 1. The van der Waals surface area contributed by atoms with Gasteiger partial charge in [0.1, 0.15) is 5.82 Å². The first-order valence-electron chi connectivity index (χ1n) is 8.13. The summed E-state index contributed by atoms with van der Waals surface area (Å²) in [6, 6.07) is 15.4. The molecule has 2 aromatic heterocycles. The Hall–Kier alpha value is -3.81. The SMILES string of the molecule is COC(=O)c1ccccc1NC(=O)c1ccc(NCc2ccccn2)nn1. The number of carbonyl (C=O) groups excluding carboxylic acids is 2. The summed E-state index contributed by atoms with van der Waals surface area (Å²) in [7, 11) is 1.28. The van der Waals surface area contributed by atoms with E-state index in [0.717, 1.165) is 5.69 Å². The second-order valence-corrected chi connectivity index (χ2v) is 5.47. The zero-order valence-electron chi connectivity index (χ0n) is 14.5. The Bertz CT molecular complexity index is 930. The minimum atomic E-state index is -0.536. The van der Waals surface area contributed by atoms with Crippen LogP contribution in [0, 0.1) is 0 Å². The van der Waals surface area contributed by atoms with E-state index in [4.69, 9.17) is 4.74 Å². The van der Waals surface area contributed by atoms with Crippen molar-refractivity contribution in [1.82, 2.24) is 15.2 Å². The molecule has 3 aromatic rings. The van der Waals surface area contributed by atoms with Crippen LogP contribution in [0.3, 0.4) is 0 Å². The monoisotopic (exact) mass is 363 g/mol. The minimum absolute atomic E-state index is 0.123. The zero-order valence-corrected chi connectivity index (χ0v) is 14.5. The van der Waals surface area contributed by atoms with E-state index in [1.165, 1.54) is 7.11 Å². The van der Waals surface area contributed by atoms with Gasteiger partial charge in [-0.1, -0.05) is 18.2 Å². The van der Waals surface area contributed by atoms with Crippen LogP contribution in [0.15, 0.2) is 60.8 Å². The van der Waals surface area contributed by atoms with Crippen LogP contribution < -0.4 is 10.6 Å². The summed E-state index contributed by atoms with van der Waals surface area (Å²) in [4.78, 5) is 28.3. The first-order chi connectivity index (χ1) is 13.2. The van der Waals surface area contributed by atoms with Crippen LogP contribution in [0.2, 0.25) is 0 Å². The number of pyridine rings is 1. The number of amides is 1. The van der Waals surface area contributed by atoms with E-state index < -0.39 is 11.9 Å².